The first-order valence-corrected chi connectivity index (χ1v) is 14.3. The Kier molecular flexibility index (Phi) is 9.50. The Balaban J connectivity index is 1.32. The third-order valence-electron chi connectivity index (χ3n) is 6.15. The summed E-state index contributed by atoms with van der Waals surface area (Å²) in [5.41, 5.74) is 2.20. The number of likely N-dealkylation sites (tertiary alicyclic amines) is 1. The van der Waals surface area contributed by atoms with Gasteiger partial charge in [0.05, 0.1) is 19.2 Å². The van der Waals surface area contributed by atoms with Crippen LogP contribution in [0.3, 0.4) is 0 Å². The highest BCUT2D eigenvalue weighted by atomic mass is 35.5. The van der Waals surface area contributed by atoms with E-state index in [1.165, 1.54) is 27.6 Å². The van der Waals surface area contributed by atoms with Crippen LogP contribution in [0.5, 0.6) is 0 Å². The van der Waals surface area contributed by atoms with E-state index in [1.807, 2.05) is 35.7 Å². The Morgan fingerprint density at radius 2 is 2.00 bits per heavy atom. The van der Waals surface area contributed by atoms with Crippen LogP contribution in [-0.4, -0.2) is 63.2 Å². The SMILES string of the molecule is CCOC(=O)c1csc([C@H]2CCCN2C(=O)[C@H](O)[C@@H](O)C(=O)NCc2cc(Cc3ccccc3Cl)cs2)n1. The van der Waals surface area contributed by atoms with Gasteiger partial charge in [0.25, 0.3) is 11.8 Å². The maximum Gasteiger partial charge on any atom is 0.357 e. The summed E-state index contributed by atoms with van der Waals surface area (Å²) >= 11 is 8.91. The molecule has 38 heavy (non-hydrogen) atoms. The zero-order chi connectivity index (χ0) is 27.2. The zero-order valence-electron chi connectivity index (χ0n) is 20.6. The predicted molar refractivity (Wildman–Crippen MR) is 144 cm³/mol. The Morgan fingerprint density at radius 3 is 2.76 bits per heavy atom. The van der Waals surface area contributed by atoms with E-state index >= 15 is 0 Å². The topological polar surface area (TPSA) is 129 Å². The zero-order valence-corrected chi connectivity index (χ0v) is 23.0. The number of benzene rings is 1. The molecule has 202 valence electrons. The van der Waals surface area contributed by atoms with Crippen molar-refractivity contribution >= 4 is 52.1 Å². The molecule has 3 atom stereocenters. The lowest BCUT2D eigenvalue weighted by Crippen LogP contribution is -2.50. The van der Waals surface area contributed by atoms with Crippen molar-refractivity contribution in [3.63, 3.8) is 0 Å². The van der Waals surface area contributed by atoms with Gasteiger partial charge in [0.2, 0.25) is 0 Å². The molecule has 3 aromatic rings. The van der Waals surface area contributed by atoms with E-state index in [1.54, 1.807) is 12.3 Å². The molecule has 1 aromatic carbocycles. The number of aromatic nitrogens is 1. The molecular weight excluding hydrogens is 550 g/mol. The maximum absolute atomic E-state index is 13.0. The van der Waals surface area contributed by atoms with Gasteiger partial charge in [0.15, 0.2) is 17.9 Å². The summed E-state index contributed by atoms with van der Waals surface area (Å²) in [7, 11) is 0. The number of thiazole rings is 1. The van der Waals surface area contributed by atoms with Gasteiger partial charge in [0.1, 0.15) is 5.01 Å². The van der Waals surface area contributed by atoms with Crippen LogP contribution in [0.25, 0.3) is 0 Å². The van der Waals surface area contributed by atoms with Crippen LogP contribution in [0.1, 0.15) is 57.3 Å². The second kappa shape index (κ2) is 12.8. The maximum atomic E-state index is 13.0. The molecule has 1 aliphatic heterocycles. The molecule has 0 unspecified atom stereocenters. The molecular formula is C26H28ClN3O6S2. The van der Waals surface area contributed by atoms with Crippen molar-refractivity contribution in [2.45, 2.75) is 51.0 Å². The van der Waals surface area contributed by atoms with Gasteiger partial charge >= 0.3 is 5.97 Å². The van der Waals surface area contributed by atoms with Crippen molar-refractivity contribution in [2.75, 3.05) is 13.2 Å². The number of halogens is 1. The molecule has 1 fully saturated rings. The van der Waals surface area contributed by atoms with Crippen LogP contribution < -0.4 is 5.32 Å². The number of esters is 1. The molecule has 9 nitrogen and oxygen atoms in total. The number of ether oxygens (including phenoxy) is 1. The summed E-state index contributed by atoms with van der Waals surface area (Å²) < 4.78 is 4.96. The minimum atomic E-state index is -1.93. The average molecular weight is 578 g/mol. The van der Waals surface area contributed by atoms with E-state index in [0.29, 0.717) is 35.8 Å². The second-order valence-corrected chi connectivity index (χ2v) is 11.1. The number of carbonyl (C=O) groups excluding carboxylic acids is 3. The number of aliphatic hydroxyl groups is 2. The summed E-state index contributed by atoms with van der Waals surface area (Å²) in [6.45, 7) is 2.41. The fourth-order valence-corrected chi connectivity index (χ4v) is 6.19. The quantitative estimate of drug-likeness (QED) is 0.315. The van der Waals surface area contributed by atoms with Crippen molar-refractivity contribution in [1.29, 1.82) is 0 Å². The number of thiophene rings is 1. The molecule has 12 heteroatoms. The van der Waals surface area contributed by atoms with Crippen molar-refractivity contribution < 1.29 is 29.3 Å². The first kappa shape index (κ1) is 28.2. The first-order chi connectivity index (χ1) is 18.3. The van der Waals surface area contributed by atoms with Gasteiger partial charge in [-0.25, -0.2) is 9.78 Å². The first-order valence-electron chi connectivity index (χ1n) is 12.1. The van der Waals surface area contributed by atoms with Gasteiger partial charge in [-0.2, -0.15) is 0 Å². The molecule has 2 amide bonds. The van der Waals surface area contributed by atoms with Gasteiger partial charge in [-0.3, -0.25) is 9.59 Å². The highest BCUT2D eigenvalue weighted by molar-refractivity contribution is 7.10. The van der Waals surface area contributed by atoms with Crippen LogP contribution >= 0.6 is 34.3 Å². The van der Waals surface area contributed by atoms with E-state index < -0.39 is 36.0 Å². The lowest BCUT2D eigenvalue weighted by atomic mass is 10.1. The number of nitrogens with zero attached hydrogens (tertiary/aromatic N) is 2. The Bertz CT molecular complexity index is 1300. The highest BCUT2D eigenvalue weighted by Crippen LogP contribution is 2.34. The lowest BCUT2D eigenvalue weighted by molar-refractivity contribution is -0.153. The van der Waals surface area contributed by atoms with Crippen molar-refractivity contribution in [2.24, 2.45) is 0 Å². The molecule has 0 aliphatic carbocycles. The van der Waals surface area contributed by atoms with Crippen molar-refractivity contribution in [3.05, 3.63) is 72.8 Å². The number of hydrogen-bond acceptors (Lipinski definition) is 9. The smallest absolute Gasteiger partial charge is 0.357 e. The van der Waals surface area contributed by atoms with Crippen LogP contribution in [0, 0.1) is 0 Å². The molecule has 0 spiro atoms. The summed E-state index contributed by atoms with van der Waals surface area (Å²) in [6, 6.07) is 9.06. The molecule has 4 rings (SSSR count). The number of aliphatic hydroxyl groups excluding tert-OH is 2. The monoisotopic (exact) mass is 577 g/mol. The average Bonchev–Trinajstić information content (AvgIpc) is 3.68. The molecule has 1 aliphatic rings. The number of rotatable bonds is 10. The van der Waals surface area contributed by atoms with E-state index in [2.05, 4.69) is 10.3 Å². The fourth-order valence-electron chi connectivity index (χ4n) is 4.23. The van der Waals surface area contributed by atoms with Gasteiger partial charge in [0, 0.05) is 21.8 Å². The molecule has 0 saturated carbocycles. The van der Waals surface area contributed by atoms with Crippen molar-refractivity contribution in [1.82, 2.24) is 15.2 Å². The van der Waals surface area contributed by atoms with E-state index in [9.17, 15) is 24.6 Å². The number of amides is 2. The predicted octanol–water partition coefficient (Wildman–Crippen LogP) is 3.33. The molecule has 1 saturated heterocycles. The number of hydrogen-bond donors (Lipinski definition) is 3. The van der Waals surface area contributed by atoms with Gasteiger partial charge in [-0.1, -0.05) is 29.8 Å². The van der Waals surface area contributed by atoms with Gasteiger partial charge in [-0.05, 0) is 54.8 Å². The largest absolute Gasteiger partial charge is 0.461 e. The number of nitrogens with one attached hydrogen (secondary N) is 1. The van der Waals surface area contributed by atoms with E-state index in [-0.39, 0.29) is 18.8 Å². The highest BCUT2D eigenvalue weighted by Gasteiger charge is 2.39. The molecule has 3 N–H and O–H groups in total. The standard InChI is InChI=1S/C26H28ClN3O6S2/c1-2-36-26(35)19-14-38-24(29-19)20-8-5-9-30(20)25(34)22(32)21(31)23(33)28-12-17-11-15(13-37-17)10-16-6-3-4-7-18(16)27/h3-4,6-7,11,13-14,20-22,31-32H,2,5,8-10,12H2,1H3,(H,28,33)/t20-,21-,22-/m1/s1. The van der Waals surface area contributed by atoms with Crippen molar-refractivity contribution in [3.8, 4) is 0 Å². The third kappa shape index (κ3) is 6.59. The Morgan fingerprint density at radius 1 is 1.21 bits per heavy atom. The molecule has 0 radical (unpaired) electrons. The summed E-state index contributed by atoms with van der Waals surface area (Å²) in [5.74, 6) is -2.15. The van der Waals surface area contributed by atoms with Crippen LogP contribution in [0.15, 0.2) is 41.1 Å². The second-order valence-electron chi connectivity index (χ2n) is 8.78. The Labute approximate surface area is 233 Å². The minimum Gasteiger partial charge on any atom is -0.461 e. The van der Waals surface area contributed by atoms with E-state index in [0.717, 1.165) is 16.0 Å². The Hall–Kier alpha value is -2.83. The van der Waals surface area contributed by atoms with E-state index in [4.69, 9.17) is 16.3 Å². The summed E-state index contributed by atoms with van der Waals surface area (Å²) in [5, 5.41) is 28.3. The van der Waals surface area contributed by atoms with Gasteiger partial charge < -0.3 is 25.2 Å². The minimum absolute atomic E-state index is 0.145. The summed E-state index contributed by atoms with van der Waals surface area (Å²) in [6.07, 6.45) is -1.96. The third-order valence-corrected chi connectivity index (χ3v) is 8.45. The van der Waals surface area contributed by atoms with Gasteiger partial charge in [-0.15, -0.1) is 22.7 Å². The number of carbonyl (C=O) groups is 3. The van der Waals surface area contributed by atoms with Crippen LogP contribution in [-0.2, 0) is 27.3 Å². The lowest BCUT2D eigenvalue weighted by Gasteiger charge is -2.27. The summed E-state index contributed by atoms with van der Waals surface area (Å²) in [4.78, 5) is 44.0. The molecule has 3 heterocycles. The van der Waals surface area contributed by atoms with Crippen LogP contribution in [0.2, 0.25) is 5.02 Å². The van der Waals surface area contributed by atoms with Crippen LogP contribution in [0.4, 0.5) is 0 Å². The fraction of sp³-hybridized carbons (Fsp3) is 0.385. The molecule has 2 aromatic heterocycles. The molecule has 0 bridgehead atoms. The normalized spacial score (nSPS) is 16.7.